The van der Waals surface area contributed by atoms with E-state index in [0.29, 0.717) is 0 Å². The average Bonchev–Trinajstić information content (AvgIpc) is 2.76. The Morgan fingerprint density at radius 2 is 2.18 bits per heavy atom. The summed E-state index contributed by atoms with van der Waals surface area (Å²) in [6, 6.07) is 4.04. The van der Waals surface area contributed by atoms with Crippen LogP contribution < -0.4 is 0 Å². The van der Waals surface area contributed by atoms with Crippen LogP contribution in [0.2, 0.25) is 0 Å². The standard InChI is InChI=1S/C12H14BrN3O/c13-11-2-1-3-16-10(8-14-12(11)16)9-15-4-6-17-7-5-15/h1-3,8H,4-7,9H2. The van der Waals surface area contributed by atoms with Gasteiger partial charge in [0.1, 0.15) is 0 Å². The number of halogens is 1. The van der Waals surface area contributed by atoms with E-state index in [1.807, 2.05) is 18.3 Å². The summed E-state index contributed by atoms with van der Waals surface area (Å²) in [6.45, 7) is 4.60. The summed E-state index contributed by atoms with van der Waals surface area (Å²) < 4.78 is 8.53. The minimum absolute atomic E-state index is 0.834. The van der Waals surface area contributed by atoms with Crippen LogP contribution in [-0.2, 0) is 11.3 Å². The Morgan fingerprint density at radius 3 is 3.00 bits per heavy atom. The number of imidazole rings is 1. The summed E-state index contributed by atoms with van der Waals surface area (Å²) in [5.74, 6) is 0. The van der Waals surface area contributed by atoms with Crippen LogP contribution in [0.4, 0.5) is 0 Å². The van der Waals surface area contributed by atoms with Gasteiger partial charge in [-0.15, -0.1) is 0 Å². The van der Waals surface area contributed by atoms with Crippen molar-refractivity contribution in [3.05, 3.63) is 34.7 Å². The molecule has 0 aromatic carbocycles. The molecule has 0 aliphatic carbocycles. The zero-order chi connectivity index (χ0) is 11.7. The molecule has 1 fully saturated rings. The van der Waals surface area contributed by atoms with Crippen LogP contribution in [0.5, 0.6) is 0 Å². The van der Waals surface area contributed by atoms with Gasteiger partial charge in [0.15, 0.2) is 5.65 Å². The van der Waals surface area contributed by atoms with Crippen LogP contribution in [-0.4, -0.2) is 40.6 Å². The number of hydrogen-bond donors (Lipinski definition) is 0. The van der Waals surface area contributed by atoms with Crippen LogP contribution in [0, 0.1) is 0 Å². The molecule has 2 aromatic rings. The Hall–Kier alpha value is -0.910. The highest BCUT2D eigenvalue weighted by molar-refractivity contribution is 9.10. The Bertz CT molecular complexity index is 519. The SMILES string of the molecule is Brc1cccn2c(CN3CCOCC3)cnc12. The van der Waals surface area contributed by atoms with E-state index < -0.39 is 0 Å². The molecule has 0 unspecified atom stereocenters. The van der Waals surface area contributed by atoms with Gasteiger partial charge in [0, 0.05) is 25.8 Å². The van der Waals surface area contributed by atoms with E-state index in [-0.39, 0.29) is 0 Å². The summed E-state index contributed by atoms with van der Waals surface area (Å²) in [6.07, 6.45) is 4.01. The summed E-state index contributed by atoms with van der Waals surface area (Å²) in [5.41, 5.74) is 2.21. The van der Waals surface area contributed by atoms with Crippen molar-refractivity contribution in [2.75, 3.05) is 26.3 Å². The minimum Gasteiger partial charge on any atom is -0.379 e. The molecule has 0 spiro atoms. The normalized spacial score (nSPS) is 17.7. The van der Waals surface area contributed by atoms with Crippen molar-refractivity contribution in [1.29, 1.82) is 0 Å². The Balaban J connectivity index is 1.87. The molecule has 3 heterocycles. The molecule has 0 bridgehead atoms. The van der Waals surface area contributed by atoms with Crippen LogP contribution >= 0.6 is 15.9 Å². The molecule has 1 saturated heterocycles. The second kappa shape index (κ2) is 4.76. The first-order valence-corrected chi connectivity index (χ1v) is 6.54. The van der Waals surface area contributed by atoms with Crippen molar-refractivity contribution in [2.45, 2.75) is 6.54 Å². The molecule has 5 heteroatoms. The zero-order valence-corrected chi connectivity index (χ0v) is 11.1. The van der Waals surface area contributed by atoms with E-state index >= 15 is 0 Å². The molecule has 17 heavy (non-hydrogen) atoms. The van der Waals surface area contributed by atoms with Crippen molar-refractivity contribution >= 4 is 21.6 Å². The van der Waals surface area contributed by atoms with Gasteiger partial charge in [0.25, 0.3) is 0 Å². The predicted octanol–water partition coefficient (Wildman–Crippen LogP) is 1.93. The number of nitrogens with zero attached hydrogens (tertiary/aromatic N) is 3. The zero-order valence-electron chi connectivity index (χ0n) is 9.47. The summed E-state index contributed by atoms with van der Waals surface area (Å²) >= 11 is 3.52. The molecular weight excluding hydrogens is 282 g/mol. The van der Waals surface area contributed by atoms with E-state index in [1.54, 1.807) is 0 Å². The summed E-state index contributed by atoms with van der Waals surface area (Å²) in [7, 11) is 0. The Labute approximate surface area is 108 Å². The van der Waals surface area contributed by atoms with E-state index in [0.717, 1.165) is 43.0 Å². The Morgan fingerprint density at radius 1 is 1.35 bits per heavy atom. The number of hydrogen-bond acceptors (Lipinski definition) is 3. The first-order valence-electron chi connectivity index (χ1n) is 5.75. The molecular formula is C12H14BrN3O. The molecule has 0 radical (unpaired) electrons. The molecule has 1 aliphatic rings. The number of fused-ring (bicyclic) bond motifs is 1. The van der Waals surface area contributed by atoms with E-state index in [9.17, 15) is 0 Å². The highest BCUT2D eigenvalue weighted by Gasteiger charge is 2.13. The molecule has 0 amide bonds. The van der Waals surface area contributed by atoms with Crippen molar-refractivity contribution in [1.82, 2.24) is 14.3 Å². The van der Waals surface area contributed by atoms with Crippen LogP contribution in [0.3, 0.4) is 0 Å². The number of pyridine rings is 1. The van der Waals surface area contributed by atoms with Gasteiger partial charge in [0.2, 0.25) is 0 Å². The fourth-order valence-corrected chi connectivity index (χ4v) is 2.58. The maximum Gasteiger partial charge on any atom is 0.151 e. The van der Waals surface area contributed by atoms with Gasteiger partial charge in [-0.05, 0) is 28.1 Å². The lowest BCUT2D eigenvalue weighted by Crippen LogP contribution is -2.35. The van der Waals surface area contributed by atoms with Gasteiger partial charge < -0.3 is 9.14 Å². The first-order chi connectivity index (χ1) is 8.34. The third-order valence-corrected chi connectivity index (χ3v) is 3.67. The van der Waals surface area contributed by atoms with Crippen molar-refractivity contribution in [3.8, 4) is 0 Å². The smallest absolute Gasteiger partial charge is 0.151 e. The quantitative estimate of drug-likeness (QED) is 0.848. The van der Waals surface area contributed by atoms with Crippen LogP contribution in [0.15, 0.2) is 29.0 Å². The summed E-state index contributed by atoms with van der Waals surface area (Å²) in [5, 5.41) is 0. The molecule has 1 aliphatic heterocycles. The second-order valence-electron chi connectivity index (χ2n) is 4.19. The largest absolute Gasteiger partial charge is 0.379 e. The topological polar surface area (TPSA) is 29.8 Å². The molecule has 90 valence electrons. The summed E-state index contributed by atoms with van der Waals surface area (Å²) in [4.78, 5) is 6.84. The highest BCUT2D eigenvalue weighted by atomic mass is 79.9. The molecule has 4 nitrogen and oxygen atoms in total. The highest BCUT2D eigenvalue weighted by Crippen LogP contribution is 2.18. The fraction of sp³-hybridized carbons (Fsp3) is 0.417. The van der Waals surface area contributed by atoms with Gasteiger partial charge in [0.05, 0.1) is 29.6 Å². The monoisotopic (exact) mass is 295 g/mol. The van der Waals surface area contributed by atoms with Crippen LogP contribution in [0.25, 0.3) is 5.65 Å². The molecule has 0 N–H and O–H groups in total. The van der Waals surface area contributed by atoms with Gasteiger partial charge in [-0.25, -0.2) is 4.98 Å². The maximum absolute atomic E-state index is 5.35. The van der Waals surface area contributed by atoms with Gasteiger partial charge in [-0.3, -0.25) is 4.90 Å². The third kappa shape index (κ3) is 2.22. The van der Waals surface area contributed by atoms with E-state index in [4.69, 9.17) is 4.74 Å². The maximum atomic E-state index is 5.35. The minimum atomic E-state index is 0.834. The van der Waals surface area contributed by atoms with E-state index in [1.165, 1.54) is 5.69 Å². The van der Waals surface area contributed by atoms with Crippen molar-refractivity contribution < 1.29 is 4.74 Å². The molecule has 2 aromatic heterocycles. The first kappa shape index (κ1) is 11.2. The molecule has 3 rings (SSSR count). The van der Waals surface area contributed by atoms with Gasteiger partial charge >= 0.3 is 0 Å². The Kier molecular flexibility index (Phi) is 3.13. The van der Waals surface area contributed by atoms with Crippen molar-refractivity contribution in [2.24, 2.45) is 0 Å². The fourth-order valence-electron chi connectivity index (χ4n) is 2.13. The second-order valence-corrected chi connectivity index (χ2v) is 5.04. The van der Waals surface area contributed by atoms with Gasteiger partial charge in [-0.1, -0.05) is 0 Å². The molecule has 0 saturated carbocycles. The lowest BCUT2D eigenvalue weighted by Gasteiger charge is -2.26. The molecule has 0 atom stereocenters. The van der Waals surface area contributed by atoms with E-state index in [2.05, 4.69) is 36.4 Å². The number of ether oxygens (including phenoxy) is 1. The number of aromatic nitrogens is 2. The van der Waals surface area contributed by atoms with Crippen LogP contribution in [0.1, 0.15) is 5.69 Å². The van der Waals surface area contributed by atoms with Gasteiger partial charge in [-0.2, -0.15) is 0 Å². The predicted molar refractivity (Wildman–Crippen MR) is 69.0 cm³/mol. The number of morpholine rings is 1. The third-order valence-electron chi connectivity index (χ3n) is 3.05. The average molecular weight is 296 g/mol. The van der Waals surface area contributed by atoms with Crippen molar-refractivity contribution in [3.63, 3.8) is 0 Å². The lowest BCUT2D eigenvalue weighted by molar-refractivity contribution is 0.0335. The number of rotatable bonds is 2. The lowest BCUT2D eigenvalue weighted by atomic mass is 10.3.